The van der Waals surface area contributed by atoms with Crippen molar-refractivity contribution in [1.29, 1.82) is 0 Å². The van der Waals surface area contributed by atoms with E-state index in [1.807, 2.05) is 6.92 Å². The molecule has 3 nitrogen and oxygen atoms in total. The molecule has 0 heterocycles. The molecule has 5 rings (SSSR count). The van der Waals surface area contributed by atoms with Crippen molar-refractivity contribution in [3.05, 3.63) is 0 Å². The van der Waals surface area contributed by atoms with E-state index in [4.69, 9.17) is 0 Å². The van der Waals surface area contributed by atoms with Gasteiger partial charge in [0.25, 0.3) is 0 Å². The quantitative estimate of drug-likeness (QED) is 0.319. The van der Waals surface area contributed by atoms with Crippen molar-refractivity contribution < 1.29 is 15.3 Å². The molecule has 5 saturated carbocycles. The zero-order valence-electron chi connectivity index (χ0n) is 27.9. The first kappa shape index (κ1) is 31.3. The predicted molar refractivity (Wildman–Crippen MR) is 165 cm³/mol. The van der Waals surface area contributed by atoms with Gasteiger partial charge in [0, 0.05) is 11.3 Å². The third-order valence-corrected chi connectivity index (χ3v) is 15.5. The second kappa shape index (κ2) is 10.8. The summed E-state index contributed by atoms with van der Waals surface area (Å²) in [6, 6.07) is 0. The highest BCUT2D eigenvalue weighted by atomic mass is 16.3. The van der Waals surface area contributed by atoms with Gasteiger partial charge in [-0.1, -0.05) is 75.2 Å². The third-order valence-electron chi connectivity index (χ3n) is 15.5. The van der Waals surface area contributed by atoms with Gasteiger partial charge in [0.1, 0.15) is 0 Å². The molecule has 0 aromatic carbocycles. The molecule has 5 aliphatic carbocycles. The van der Waals surface area contributed by atoms with Crippen molar-refractivity contribution in [3.63, 3.8) is 0 Å². The Morgan fingerprint density at radius 1 is 0.825 bits per heavy atom. The van der Waals surface area contributed by atoms with Crippen LogP contribution in [0.2, 0.25) is 0 Å². The van der Waals surface area contributed by atoms with Gasteiger partial charge in [-0.25, -0.2) is 0 Å². The minimum atomic E-state index is -0.536. The molecule has 0 spiro atoms. The van der Waals surface area contributed by atoms with Crippen LogP contribution in [0.1, 0.15) is 127 Å². The first-order valence-electron chi connectivity index (χ1n) is 17.6. The molecule has 232 valence electrons. The van der Waals surface area contributed by atoms with Crippen molar-refractivity contribution in [2.45, 2.75) is 145 Å². The van der Waals surface area contributed by atoms with Crippen molar-refractivity contribution in [1.82, 2.24) is 0 Å². The van der Waals surface area contributed by atoms with E-state index in [-0.39, 0.29) is 40.1 Å². The lowest BCUT2D eigenvalue weighted by molar-refractivity contribution is -0.280. The van der Waals surface area contributed by atoms with E-state index < -0.39 is 12.2 Å². The fraction of sp³-hybridized carbons (Fsp3) is 1.00. The molecule has 0 aromatic rings. The summed E-state index contributed by atoms with van der Waals surface area (Å²) in [6.07, 6.45) is 10.4. The Bertz CT molecular complexity index is 900. The average molecular weight is 559 g/mol. The van der Waals surface area contributed by atoms with Gasteiger partial charge in [0.15, 0.2) is 0 Å². The van der Waals surface area contributed by atoms with Crippen LogP contribution in [0.4, 0.5) is 0 Å². The molecular weight excluding hydrogens is 492 g/mol. The van der Waals surface area contributed by atoms with Gasteiger partial charge in [-0.3, -0.25) is 0 Å². The highest BCUT2D eigenvalue weighted by Crippen LogP contribution is 2.73. The summed E-state index contributed by atoms with van der Waals surface area (Å²) < 4.78 is 0. The lowest BCUT2D eigenvalue weighted by Crippen LogP contribution is -2.70. The van der Waals surface area contributed by atoms with Crippen LogP contribution in [-0.2, 0) is 0 Å². The van der Waals surface area contributed by atoms with Gasteiger partial charge in [0.2, 0.25) is 0 Å². The van der Waals surface area contributed by atoms with Crippen LogP contribution in [0.25, 0.3) is 0 Å². The zero-order valence-corrected chi connectivity index (χ0v) is 27.9. The van der Waals surface area contributed by atoms with E-state index in [1.165, 1.54) is 44.9 Å². The molecule has 3 N–H and O–H groups in total. The molecule has 0 radical (unpaired) electrons. The summed E-state index contributed by atoms with van der Waals surface area (Å²) in [6.45, 7) is 23.5. The lowest BCUT2D eigenvalue weighted by atomic mass is 9.34. The molecular formula is C37H66O3. The summed E-state index contributed by atoms with van der Waals surface area (Å²) in [5.41, 5.74) is -0.192. The number of aliphatic hydroxyl groups is 3. The second-order valence-electron chi connectivity index (χ2n) is 18.0. The Morgan fingerprint density at radius 3 is 2.12 bits per heavy atom. The Hall–Kier alpha value is -0.120. The smallest absolute Gasteiger partial charge is 0.0656 e. The largest absolute Gasteiger partial charge is 0.393 e. The molecule has 5 aliphatic rings. The van der Waals surface area contributed by atoms with Crippen LogP contribution < -0.4 is 0 Å². The van der Waals surface area contributed by atoms with E-state index in [0.29, 0.717) is 23.7 Å². The molecule has 17 atom stereocenters. The Labute approximate surface area is 247 Å². The molecule has 0 bridgehead atoms. The fourth-order valence-electron chi connectivity index (χ4n) is 13.2. The number of aliphatic hydroxyl groups excluding tert-OH is 3. The van der Waals surface area contributed by atoms with Gasteiger partial charge < -0.3 is 15.3 Å². The minimum absolute atomic E-state index is 0.00959. The molecule has 0 saturated heterocycles. The van der Waals surface area contributed by atoms with Gasteiger partial charge in [0.05, 0.1) is 18.3 Å². The van der Waals surface area contributed by atoms with Crippen molar-refractivity contribution in [3.8, 4) is 0 Å². The molecule has 0 aliphatic heterocycles. The number of hydrogen-bond donors (Lipinski definition) is 3. The van der Waals surface area contributed by atoms with Crippen LogP contribution in [-0.4, -0.2) is 33.6 Å². The SMILES string of the molecule is CC(C)C(C)CC1CCC(C2CCC(C)C3C(O)C4C(C)C5(C)C(O)C(C(C)O)C(C)CC5(C)CC4(C)CC23)C1. The van der Waals surface area contributed by atoms with Crippen LogP contribution >= 0.6 is 0 Å². The maximum absolute atomic E-state index is 12.5. The maximum Gasteiger partial charge on any atom is 0.0656 e. The van der Waals surface area contributed by atoms with Crippen LogP contribution in [0.5, 0.6) is 0 Å². The highest BCUT2D eigenvalue weighted by Gasteiger charge is 2.70. The molecule has 5 fully saturated rings. The minimum Gasteiger partial charge on any atom is -0.393 e. The first-order valence-corrected chi connectivity index (χ1v) is 17.6. The van der Waals surface area contributed by atoms with Crippen molar-refractivity contribution in [2.75, 3.05) is 0 Å². The number of fused-ring (bicyclic) bond motifs is 3. The maximum atomic E-state index is 12.5. The summed E-state index contributed by atoms with van der Waals surface area (Å²) in [5, 5.41) is 35.2. The van der Waals surface area contributed by atoms with E-state index >= 15 is 0 Å². The summed E-state index contributed by atoms with van der Waals surface area (Å²) in [5.74, 6) is 6.38. The molecule has 40 heavy (non-hydrogen) atoms. The van der Waals surface area contributed by atoms with Crippen LogP contribution in [0.15, 0.2) is 0 Å². The van der Waals surface area contributed by atoms with Gasteiger partial charge in [-0.05, 0) is 128 Å². The average Bonchev–Trinajstić information content (AvgIpc) is 3.29. The van der Waals surface area contributed by atoms with E-state index in [2.05, 4.69) is 62.3 Å². The van der Waals surface area contributed by atoms with Gasteiger partial charge >= 0.3 is 0 Å². The normalized spacial score (nSPS) is 56.2. The molecule has 0 amide bonds. The van der Waals surface area contributed by atoms with Crippen LogP contribution in [0, 0.1) is 87.3 Å². The first-order chi connectivity index (χ1) is 18.6. The standard InChI is InChI=1S/C37H66O3/c1-20(2)22(4)15-26-12-13-27(16-26)28-14-11-21(3)31-29(28)18-35(8)19-36(9)17-23(5)30(25(7)38)34(40)37(36,10)24(6)32(35)33(31)39/h20-34,38-40H,11-19H2,1-10H3. The zero-order chi connectivity index (χ0) is 29.5. The Morgan fingerprint density at radius 2 is 1.50 bits per heavy atom. The number of rotatable bonds is 5. The van der Waals surface area contributed by atoms with Crippen LogP contribution in [0.3, 0.4) is 0 Å². The second-order valence-corrected chi connectivity index (χ2v) is 18.0. The van der Waals surface area contributed by atoms with E-state index in [1.54, 1.807) is 0 Å². The summed E-state index contributed by atoms with van der Waals surface area (Å²) >= 11 is 0. The molecule has 0 aromatic heterocycles. The van der Waals surface area contributed by atoms with Gasteiger partial charge in [-0.2, -0.15) is 0 Å². The van der Waals surface area contributed by atoms with Gasteiger partial charge in [-0.15, -0.1) is 0 Å². The predicted octanol–water partition coefficient (Wildman–Crippen LogP) is 8.20. The highest BCUT2D eigenvalue weighted by molar-refractivity contribution is 5.18. The number of hydrogen-bond acceptors (Lipinski definition) is 3. The fourth-order valence-corrected chi connectivity index (χ4v) is 13.2. The molecule has 3 heteroatoms. The third kappa shape index (κ3) is 4.68. The molecule has 17 unspecified atom stereocenters. The van der Waals surface area contributed by atoms with E-state index in [9.17, 15) is 15.3 Å². The Balaban J connectivity index is 1.44. The lowest BCUT2D eigenvalue weighted by Gasteiger charge is -2.72. The van der Waals surface area contributed by atoms with Crippen molar-refractivity contribution >= 4 is 0 Å². The van der Waals surface area contributed by atoms with Crippen molar-refractivity contribution in [2.24, 2.45) is 87.3 Å². The monoisotopic (exact) mass is 559 g/mol. The summed E-state index contributed by atoms with van der Waals surface area (Å²) in [4.78, 5) is 0. The topological polar surface area (TPSA) is 60.7 Å². The van der Waals surface area contributed by atoms with E-state index in [0.717, 1.165) is 42.4 Å². The summed E-state index contributed by atoms with van der Waals surface area (Å²) in [7, 11) is 0. The Kier molecular flexibility index (Phi) is 8.45.